The van der Waals surface area contributed by atoms with Crippen molar-refractivity contribution in [1.29, 1.82) is 0 Å². The smallest absolute Gasteiger partial charge is 0.143 e. The second-order valence-electron chi connectivity index (χ2n) is 4.50. The Labute approximate surface area is 109 Å². The molecule has 0 amide bonds. The molecule has 2 nitrogen and oxygen atoms in total. The first kappa shape index (κ1) is 13.0. The molecule has 2 unspecified atom stereocenters. The first-order valence-electron chi connectivity index (χ1n) is 5.79. The van der Waals surface area contributed by atoms with Crippen molar-refractivity contribution in [3.8, 4) is 0 Å². The lowest BCUT2D eigenvalue weighted by molar-refractivity contribution is -0.124. The minimum Gasteiger partial charge on any atom is -0.382 e. The molecule has 1 aromatic rings. The zero-order valence-electron chi connectivity index (χ0n) is 9.75. The zero-order chi connectivity index (χ0) is 12.5. The number of rotatable bonds is 2. The largest absolute Gasteiger partial charge is 0.382 e. The van der Waals surface area contributed by atoms with Crippen LogP contribution in [0.1, 0.15) is 31.2 Å². The molecule has 0 heterocycles. The summed E-state index contributed by atoms with van der Waals surface area (Å²) in [5.41, 5.74) is -0.876. The van der Waals surface area contributed by atoms with E-state index in [9.17, 15) is 9.50 Å². The maximum atomic E-state index is 14.1. The summed E-state index contributed by atoms with van der Waals surface area (Å²) in [5, 5.41) is 10.7. The lowest BCUT2D eigenvalue weighted by Gasteiger charge is -2.39. The Morgan fingerprint density at radius 2 is 2.24 bits per heavy atom. The van der Waals surface area contributed by atoms with Crippen LogP contribution in [0.3, 0.4) is 0 Å². The molecular weight excluding hydrogens is 287 g/mol. The van der Waals surface area contributed by atoms with Crippen LogP contribution in [0.15, 0.2) is 22.7 Å². The fourth-order valence-electron chi connectivity index (χ4n) is 2.58. The van der Waals surface area contributed by atoms with E-state index in [0.717, 1.165) is 19.3 Å². The van der Waals surface area contributed by atoms with Crippen LogP contribution in [0.2, 0.25) is 0 Å². The summed E-state index contributed by atoms with van der Waals surface area (Å²) in [7, 11) is 1.57. The van der Waals surface area contributed by atoms with Gasteiger partial charge in [0.25, 0.3) is 0 Å². The van der Waals surface area contributed by atoms with Gasteiger partial charge in [0, 0.05) is 12.7 Å². The van der Waals surface area contributed by atoms with Gasteiger partial charge in [-0.2, -0.15) is 0 Å². The van der Waals surface area contributed by atoms with Gasteiger partial charge in [-0.25, -0.2) is 4.39 Å². The summed E-state index contributed by atoms with van der Waals surface area (Å²) >= 11 is 3.15. The molecule has 94 valence electrons. The molecule has 4 heteroatoms. The van der Waals surface area contributed by atoms with E-state index < -0.39 is 5.60 Å². The van der Waals surface area contributed by atoms with Gasteiger partial charge in [-0.05, 0) is 34.8 Å². The Bertz CT molecular complexity index is 410. The number of ether oxygens (including phenoxy) is 1. The summed E-state index contributed by atoms with van der Waals surface area (Å²) in [6.07, 6.45) is 2.87. The first-order chi connectivity index (χ1) is 8.09. The molecular formula is C13H16BrFO2. The predicted molar refractivity (Wildman–Crippen MR) is 67.3 cm³/mol. The van der Waals surface area contributed by atoms with E-state index in [1.54, 1.807) is 25.3 Å². The van der Waals surface area contributed by atoms with Crippen molar-refractivity contribution in [1.82, 2.24) is 0 Å². The Hall–Kier alpha value is -0.450. The average Bonchev–Trinajstić information content (AvgIpc) is 2.33. The van der Waals surface area contributed by atoms with Gasteiger partial charge >= 0.3 is 0 Å². The molecule has 0 radical (unpaired) electrons. The minimum absolute atomic E-state index is 0.332. The van der Waals surface area contributed by atoms with Gasteiger partial charge in [0.05, 0.1) is 10.6 Å². The van der Waals surface area contributed by atoms with Crippen molar-refractivity contribution in [3.05, 3.63) is 34.1 Å². The zero-order valence-corrected chi connectivity index (χ0v) is 11.3. The second-order valence-corrected chi connectivity index (χ2v) is 5.35. The van der Waals surface area contributed by atoms with E-state index >= 15 is 0 Å². The lowest BCUT2D eigenvalue weighted by atomic mass is 9.77. The van der Waals surface area contributed by atoms with Gasteiger partial charge < -0.3 is 9.84 Å². The van der Waals surface area contributed by atoms with Crippen LogP contribution in [0.5, 0.6) is 0 Å². The van der Waals surface area contributed by atoms with Crippen LogP contribution in [0, 0.1) is 5.82 Å². The monoisotopic (exact) mass is 302 g/mol. The second kappa shape index (κ2) is 5.04. The number of hydrogen-bond donors (Lipinski definition) is 1. The highest BCUT2D eigenvalue weighted by Crippen LogP contribution is 2.40. The van der Waals surface area contributed by atoms with Crippen LogP contribution in [-0.2, 0) is 10.3 Å². The molecule has 0 bridgehead atoms. The van der Waals surface area contributed by atoms with Crippen LogP contribution in [0.4, 0.5) is 4.39 Å². The molecule has 0 aliphatic heterocycles. The van der Waals surface area contributed by atoms with E-state index in [2.05, 4.69) is 15.9 Å². The molecule has 17 heavy (non-hydrogen) atoms. The van der Waals surface area contributed by atoms with E-state index in [4.69, 9.17) is 4.74 Å². The Morgan fingerprint density at radius 1 is 1.47 bits per heavy atom. The predicted octanol–water partition coefficient (Wildman–Crippen LogP) is 3.36. The SMILES string of the molecule is COC1CCCCC1(O)c1cccc(Br)c1F. The van der Waals surface area contributed by atoms with Crippen molar-refractivity contribution in [2.24, 2.45) is 0 Å². The molecule has 1 N–H and O–H groups in total. The Morgan fingerprint density at radius 3 is 2.94 bits per heavy atom. The molecule has 0 saturated heterocycles. The Balaban J connectivity index is 2.45. The normalized spacial score (nSPS) is 29.3. The third-order valence-electron chi connectivity index (χ3n) is 3.51. The summed E-state index contributed by atoms with van der Waals surface area (Å²) in [5.74, 6) is -0.390. The van der Waals surface area contributed by atoms with E-state index in [-0.39, 0.29) is 11.9 Å². The molecule has 2 atom stereocenters. The molecule has 1 aromatic carbocycles. The van der Waals surface area contributed by atoms with Gasteiger partial charge in [-0.3, -0.25) is 0 Å². The highest BCUT2D eigenvalue weighted by molar-refractivity contribution is 9.10. The quantitative estimate of drug-likeness (QED) is 0.908. The average molecular weight is 303 g/mol. The number of benzene rings is 1. The van der Waals surface area contributed by atoms with Crippen molar-refractivity contribution >= 4 is 15.9 Å². The molecule has 1 aliphatic carbocycles. The molecule has 0 aromatic heterocycles. The fourth-order valence-corrected chi connectivity index (χ4v) is 2.95. The number of hydrogen-bond acceptors (Lipinski definition) is 2. The standard InChI is InChI=1S/C13H16BrFO2/c1-17-11-7-2-3-8-13(11,16)9-5-4-6-10(14)12(9)15/h4-6,11,16H,2-3,7-8H2,1H3. The highest BCUT2D eigenvalue weighted by atomic mass is 79.9. The molecule has 1 saturated carbocycles. The van der Waals surface area contributed by atoms with E-state index in [1.165, 1.54) is 0 Å². The highest BCUT2D eigenvalue weighted by Gasteiger charge is 2.42. The molecule has 2 rings (SSSR count). The van der Waals surface area contributed by atoms with Crippen molar-refractivity contribution < 1.29 is 14.2 Å². The lowest BCUT2D eigenvalue weighted by Crippen LogP contribution is -2.44. The molecule has 1 aliphatic rings. The molecule has 0 spiro atoms. The number of aliphatic hydroxyl groups is 1. The maximum absolute atomic E-state index is 14.1. The third-order valence-corrected chi connectivity index (χ3v) is 4.12. The van der Waals surface area contributed by atoms with Crippen LogP contribution >= 0.6 is 15.9 Å². The van der Waals surface area contributed by atoms with Gasteiger partial charge in [-0.1, -0.05) is 25.0 Å². The maximum Gasteiger partial charge on any atom is 0.143 e. The summed E-state index contributed by atoms with van der Waals surface area (Å²) in [6.45, 7) is 0. The van der Waals surface area contributed by atoms with Gasteiger partial charge in [0.15, 0.2) is 0 Å². The van der Waals surface area contributed by atoms with Gasteiger partial charge in [-0.15, -0.1) is 0 Å². The van der Waals surface area contributed by atoms with Crippen LogP contribution in [0.25, 0.3) is 0 Å². The van der Waals surface area contributed by atoms with Crippen LogP contribution < -0.4 is 0 Å². The first-order valence-corrected chi connectivity index (χ1v) is 6.58. The van der Waals surface area contributed by atoms with Crippen molar-refractivity contribution in [2.75, 3.05) is 7.11 Å². The summed E-state index contributed by atoms with van der Waals surface area (Å²) < 4.78 is 19.8. The number of halogens is 2. The minimum atomic E-state index is -1.21. The van der Waals surface area contributed by atoms with Crippen LogP contribution in [-0.4, -0.2) is 18.3 Å². The van der Waals surface area contributed by atoms with Gasteiger partial charge in [0.2, 0.25) is 0 Å². The van der Waals surface area contributed by atoms with Crippen molar-refractivity contribution in [2.45, 2.75) is 37.4 Å². The summed E-state index contributed by atoms with van der Waals surface area (Å²) in [4.78, 5) is 0. The van der Waals surface area contributed by atoms with E-state index in [1.807, 2.05) is 0 Å². The summed E-state index contributed by atoms with van der Waals surface area (Å²) in [6, 6.07) is 5.01. The Kier molecular flexibility index (Phi) is 3.85. The van der Waals surface area contributed by atoms with Gasteiger partial charge in [0.1, 0.15) is 11.4 Å². The third kappa shape index (κ3) is 2.26. The molecule has 1 fully saturated rings. The fraction of sp³-hybridized carbons (Fsp3) is 0.538. The van der Waals surface area contributed by atoms with E-state index in [0.29, 0.717) is 16.5 Å². The van der Waals surface area contributed by atoms with Crippen molar-refractivity contribution in [3.63, 3.8) is 0 Å². The topological polar surface area (TPSA) is 29.5 Å². The number of methoxy groups -OCH3 is 1.